The number of rotatable bonds is 6. The van der Waals surface area contributed by atoms with Gasteiger partial charge in [0.15, 0.2) is 11.6 Å². The van der Waals surface area contributed by atoms with Crippen LogP contribution in [0.3, 0.4) is 0 Å². The van der Waals surface area contributed by atoms with E-state index in [0.29, 0.717) is 35.7 Å². The van der Waals surface area contributed by atoms with Crippen LogP contribution in [0.5, 0.6) is 5.88 Å². The van der Waals surface area contributed by atoms with E-state index in [1.165, 1.54) is 0 Å². The number of ketones is 1. The average Bonchev–Trinajstić information content (AvgIpc) is 2.84. The van der Waals surface area contributed by atoms with Crippen molar-refractivity contribution in [3.63, 3.8) is 0 Å². The Morgan fingerprint density at radius 2 is 1.66 bits per heavy atom. The van der Waals surface area contributed by atoms with Crippen molar-refractivity contribution in [2.24, 2.45) is 0 Å². The van der Waals surface area contributed by atoms with Gasteiger partial charge in [0.2, 0.25) is 5.88 Å². The maximum absolute atomic E-state index is 13.4. The molecule has 1 atom stereocenters. The lowest BCUT2D eigenvalue weighted by Crippen LogP contribution is -2.44. The summed E-state index contributed by atoms with van der Waals surface area (Å²) in [5.74, 6) is 0.870. The molecular formula is C25H26N4O3. The summed E-state index contributed by atoms with van der Waals surface area (Å²) in [4.78, 5) is 30.0. The summed E-state index contributed by atoms with van der Waals surface area (Å²) in [6.07, 6.45) is 1.46. The van der Waals surface area contributed by atoms with E-state index in [9.17, 15) is 9.59 Å². The van der Waals surface area contributed by atoms with Crippen LogP contribution in [-0.2, 0) is 0 Å². The number of amides is 1. The second-order valence-corrected chi connectivity index (χ2v) is 8.00. The smallest absolute Gasteiger partial charge is 0.254 e. The molecule has 32 heavy (non-hydrogen) atoms. The van der Waals surface area contributed by atoms with Crippen molar-refractivity contribution >= 4 is 17.5 Å². The van der Waals surface area contributed by atoms with Crippen LogP contribution >= 0.6 is 0 Å². The Morgan fingerprint density at radius 3 is 2.34 bits per heavy atom. The molecule has 4 rings (SSSR count). The van der Waals surface area contributed by atoms with Gasteiger partial charge in [-0.05, 0) is 25.0 Å². The van der Waals surface area contributed by atoms with E-state index in [-0.39, 0.29) is 17.8 Å². The molecule has 164 valence electrons. The van der Waals surface area contributed by atoms with Gasteiger partial charge < -0.3 is 14.5 Å². The minimum atomic E-state index is -0.177. The van der Waals surface area contributed by atoms with Gasteiger partial charge in [-0.1, -0.05) is 48.5 Å². The maximum Gasteiger partial charge on any atom is 0.254 e. The van der Waals surface area contributed by atoms with Gasteiger partial charge in [0.25, 0.3) is 5.91 Å². The summed E-state index contributed by atoms with van der Waals surface area (Å²) < 4.78 is 6.00. The van der Waals surface area contributed by atoms with E-state index in [1.54, 1.807) is 47.4 Å². The Morgan fingerprint density at radius 1 is 0.938 bits per heavy atom. The van der Waals surface area contributed by atoms with Crippen molar-refractivity contribution < 1.29 is 14.3 Å². The minimum Gasteiger partial charge on any atom is -0.471 e. The number of carbonyl (C=O) groups is 2. The molecule has 1 fully saturated rings. The molecule has 1 unspecified atom stereocenters. The predicted octanol–water partition coefficient (Wildman–Crippen LogP) is 3.46. The van der Waals surface area contributed by atoms with Crippen molar-refractivity contribution in [2.45, 2.75) is 18.9 Å². The largest absolute Gasteiger partial charge is 0.471 e. The third-order valence-electron chi connectivity index (χ3n) is 5.48. The molecule has 1 saturated heterocycles. The lowest BCUT2D eigenvalue weighted by Gasteiger charge is -2.33. The van der Waals surface area contributed by atoms with Crippen LogP contribution in [0.1, 0.15) is 39.1 Å². The highest BCUT2D eigenvalue weighted by Gasteiger charge is 2.28. The first-order chi connectivity index (χ1) is 15.5. The lowest BCUT2D eigenvalue weighted by molar-refractivity contribution is 0.0524. The number of anilines is 1. The van der Waals surface area contributed by atoms with E-state index < -0.39 is 0 Å². The molecule has 3 aromatic rings. The van der Waals surface area contributed by atoms with Gasteiger partial charge in [-0.15, -0.1) is 10.2 Å². The molecule has 0 spiro atoms. The number of likely N-dealkylation sites (tertiary alicyclic amines) is 1. The van der Waals surface area contributed by atoms with Crippen molar-refractivity contribution in [1.82, 2.24) is 15.1 Å². The highest BCUT2D eigenvalue weighted by molar-refractivity contribution is 6.15. The fourth-order valence-electron chi connectivity index (χ4n) is 3.79. The third-order valence-corrected chi connectivity index (χ3v) is 5.48. The number of carbonyl (C=O) groups excluding carboxylic acids is 2. The SMILES string of the molecule is CN(C)c1ccc(OC2CCCN(C(=O)c3ccccc3C(=O)c3ccccc3)C2)nn1. The highest BCUT2D eigenvalue weighted by Crippen LogP contribution is 2.22. The number of hydrogen-bond acceptors (Lipinski definition) is 6. The Labute approximate surface area is 187 Å². The molecular weight excluding hydrogens is 404 g/mol. The van der Waals surface area contributed by atoms with Gasteiger partial charge in [-0.2, -0.15) is 0 Å². The number of benzene rings is 2. The first-order valence-electron chi connectivity index (χ1n) is 10.7. The Kier molecular flexibility index (Phi) is 6.44. The van der Waals surface area contributed by atoms with Crippen molar-refractivity contribution in [1.29, 1.82) is 0 Å². The topological polar surface area (TPSA) is 75.6 Å². The molecule has 7 nitrogen and oxygen atoms in total. The fourth-order valence-corrected chi connectivity index (χ4v) is 3.79. The van der Waals surface area contributed by atoms with E-state index in [4.69, 9.17) is 4.74 Å². The van der Waals surface area contributed by atoms with E-state index in [1.807, 2.05) is 43.3 Å². The molecule has 0 aliphatic carbocycles. The van der Waals surface area contributed by atoms with Crippen molar-refractivity contribution in [3.8, 4) is 5.88 Å². The van der Waals surface area contributed by atoms with Crippen LogP contribution in [0, 0.1) is 0 Å². The van der Waals surface area contributed by atoms with E-state index in [0.717, 1.165) is 18.7 Å². The van der Waals surface area contributed by atoms with E-state index in [2.05, 4.69) is 10.2 Å². The summed E-state index contributed by atoms with van der Waals surface area (Å²) in [6, 6.07) is 19.7. The van der Waals surface area contributed by atoms with Gasteiger partial charge in [0.1, 0.15) is 6.10 Å². The molecule has 1 amide bonds. The van der Waals surface area contributed by atoms with E-state index >= 15 is 0 Å². The van der Waals surface area contributed by atoms with Crippen LogP contribution in [0.2, 0.25) is 0 Å². The second-order valence-electron chi connectivity index (χ2n) is 8.00. The summed E-state index contributed by atoms with van der Waals surface area (Å²) in [5, 5.41) is 8.27. The quantitative estimate of drug-likeness (QED) is 0.558. The number of aromatic nitrogens is 2. The summed E-state index contributed by atoms with van der Waals surface area (Å²) in [7, 11) is 3.80. The van der Waals surface area contributed by atoms with Crippen LogP contribution < -0.4 is 9.64 Å². The lowest BCUT2D eigenvalue weighted by atomic mass is 9.97. The van der Waals surface area contributed by atoms with Gasteiger partial charge >= 0.3 is 0 Å². The first kappa shape index (κ1) is 21.5. The van der Waals surface area contributed by atoms with Crippen LogP contribution in [-0.4, -0.2) is 60.1 Å². The molecule has 2 heterocycles. The number of piperidine rings is 1. The standard InChI is InChI=1S/C25H26N4O3/c1-28(2)22-14-15-23(27-26-22)32-19-11-8-16-29(17-19)25(31)21-13-7-6-12-20(21)24(30)18-9-4-3-5-10-18/h3-7,9-10,12-15,19H,8,11,16-17H2,1-2H3. The zero-order valence-electron chi connectivity index (χ0n) is 18.3. The van der Waals surface area contributed by atoms with Gasteiger partial charge in [-0.3, -0.25) is 9.59 Å². The molecule has 2 aromatic carbocycles. The zero-order valence-corrected chi connectivity index (χ0v) is 18.3. The van der Waals surface area contributed by atoms with Crippen molar-refractivity contribution in [2.75, 3.05) is 32.1 Å². The Hall–Kier alpha value is -3.74. The molecule has 1 aliphatic rings. The number of ether oxygens (including phenoxy) is 1. The first-order valence-corrected chi connectivity index (χ1v) is 10.7. The summed E-state index contributed by atoms with van der Waals surface area (Å²) in [5.41, 5.74) is 1.39. The maximum atomic E-state index is 13.4. The zero-order chi connectivity index (χ0) is 22.5. The van der Waals surface area contributed by atoms with Gasteiger partial charge in [-0.25, -0.2) is 0 Å². The molecule has 1 aliphatic heterocycles. The second kappa shape index (κ2) is 9.60. The molecule has 0 bridgehead atoms. The highest BCUT2D eigenvalue weighted by atomic mass is 16.5. The number of nitrogens with zero attached hydrogens (tertiary/aromatic N) is 4. The normalized spacial score (nSPS) is 15.8. The van der Waals surface area contributed by atoms with Crippen molar-refractivity contribution in [3.05, 3.63) is 83.4 Å². The van der Waals surface area contributed by atoms with Crippen LogP contribution in [0.25, 0.3) is 0 Å². The Balaban J connectivity index is 1.48. The monoisotopic (exact) mass is 430 g/mol. The fraction of sp³-hybridized carbons (Fsp3) is 0.280. The van der Waals surface area contributed by atoms with Gasteiger partial charge in [0.05, 0.1) is 12.1 Å². The molecule has 7 heteroatoms. The Bertz CT molecular complexity index is 1080. The van der Waals surface area contributed by atoms with Crippen LogP contribution in [0.15, 0.2) is 66.7 Å². The van der Waals surface area contributed by atoms with Gasteiger partial charge in [0, 0.05) is 37.8 Å². The molecule has 0 saturated carbocycles. The summed E-state index contributed by atoms with van der Waals surface area (Å²) >= 11 is 0. The van der Waals surface area contributed by atoms with Crippen LogP contribution in [0.4, 0.5) is 5.82 Å². The minimum absolute atomic E-state index is 0.157. The predicted molar refractivity (Wildman–Crippen MR) is 122 cm³/mol. The molecule has 0 N–H and O–H groups in total. The summed E-state index contributed by atoms with van der Waals surface area (Å²) in [6.45, 7) is 1.06. The number of hydrogen-bond donors (Lipinski definition) is 0. The third kappa shape index (κ3) is 4.77. The molecule has 1 aromatic heterocycles. The average molecular weight is 431 g/mol. The molecule has 0 radical (unpaired) electrons.